The van der Waals surface area contributed by atoms with Crippen molar-refractivity contribution in [1.82, 2.24) is 10.3 Å². The van der Waals surface area contributed by atoms with Gasteiger partial charge < -0.3 is 10.6 Å². The Hall–Kier alpha value is -0.610. The Kier molecular flexibility index (Phi) is 3.37. The summed E-state index contributed by atoms with van der Waals surface area (Å²) in [6.07, 6.45) is 2.47. The maximum absolute atomic E-state index is 4.35. The van der Waals surface area contributed by atoms with Crippen LogP contribution < -0.4 is 10.6 Å². The molecular weight excluding hydrogens is 242 g/mol. The first-order valence-corrected chi connectivity index (χ1v) is 5.74. The first kappa shape index (κ1) is 9.93. The van der Waals surface area contributed by atoms with Crippen LogP contribution in [0.1, 0.15) is 12.8 Å². The first-order chi connectivity index (χ1) is 6.84. The number of piperidine rings is 1. The summed E-state index contributed by atoms with van der Waals surface area (Å²) in [7, 11) is 0. The molecule has 3 nitrogen and oxygen atoms in total. The van der Waals surface area contributed by atoms with Crippen molar-refractivity contribution in [1.29, 1.82) is 0 Å². The van der Waals surface area contributed by atoms with E-state index in [1.54, 1.807) is 0 Å². The molecule has 4 heteroatoms. The highest BCUT2D eigenvalue weighted by atomic mass is 79.9. The highest BCUT2D eigenvalue weighted by Gasteiger charge is 2.12. The normalized spacial score (nSPS) is 21.9. The quantitative estimate of drug-likeness (QED) is 0.795. The number of aromatic nitrogens is 1. The highest BCUT2D eigenvalue weighted by Crippen LogP contribution is 2.13. The van der Waals surface area contributed by atoms with E-state index in [0.717, 1.165) is 23.5 Å². The van der Waals surface area contributed by atoms with E-state index < -0.39 is 0 Å². The molecule has 0 unspecified atom stereocenters. The van der Waals surface area contributed by atoms with Gasteiger partial charge in [0.25, 0.3) is 0 Å². The molecule has 76 valence electrons. The molecule has 14 heavy (non-hydrogen) atoms. The minimum atomic E-state index is 0.519. The Morgan fingerprint density at radius 2 is 2.43 bits per heavy atom. The number of rotatable bonds is 2. The van der Waals surface area contributed by atoms with Crippen molar-refractivity contribution in [3.8, 4) is 0 Å². The average molecular weight is 256 g/mol. The number of pyridine rings is 1. The smallest absolute Gasteiger partial charge is 0.127 e. The number of nitrogens with one attached hydrogen (secondary N) is 2. The third kappa shape index (κ3) is 2.69. The second-order valence-corrected chi connectivity index (χ2v) is 4.35. The van der Waals surface area contributed by atoms with Crippen LogP contribution in [0.3, 0.4) is 0 Å². The minimum Gasteiger partial charge on any atom is -0.366 e. The summed E-state index contributed by atoms with van der Waals surface area (Å²) in [6.45, 7) is 2.18. The van der Waals surface area contributed by atoms with Crippen molar-refractivity contribution in [2.24, 2.45) is 0 Å². The minimum absolute atomic E-state index is 0.519. The van der Waals surface area contributed by atoms with Crippen molar-refractivity contribution >= 4 is 21.7 Å². The van der Waals surface area contributed by atoms with Crippen molar-refractivity contribution in [2.75, 3.05) is 18.4 Å². The highest BCUT2D eigenvalue weighted by molar-refractivity contribution is 9.10. The Labute approximate surface area is 92.4 Å². The molecule has 2 N–H and O–H groups in total. The Morgan fingerprint density at radius 3 is 3.14 bits per heavy atom. The summed E-state index contributed by atoms with van der Waals surface area (Å²) in [5.41, 5.74) is 0. The summed E-state index contributed by atoms with van der Waals surface area (Å²) < 4.78 is 0.881. The van der Waals surface area contributed by atoms with Gasteiger partial charge in [0.1, 0.15) is 10.4 Å². The van der Waals surface area contributed by atoms with E-state index in [1.807, 2.05) is 18.2 Å². The van der Waals surface area contributed by atoms with E-state index in [2.05, 4.69) is 31.5 Å². The lowest BCUT2D eigenvalue weighted by molar-refractivity contribution is 0.479. The molecule has 0 bridgehead atoms. The molecule has 1 aliphatic heterocycles. The topological polar surface area (TPSA) is 37.0 Å². The molecule has 2 heterocycles. The van der Waals surface area contributed by atoms with E-state index in [0.29, 0.717) is 6.04 Å². The fraction of sp³-hybridized carbons (Fsp3) is 0.500. The number of hydrogen-bond donors (Lipinski definition) is 2. The summed E-state index contributed by atoms with van der Waals surface area (Å²) in [6, 6.07) is 6.45. The SMILES string of the molecule is Brc1cccc(N[C@@H]2CCCNC2)n1. The maximum Gasteiger partial charge on any atom is 0.127 e. The first-order valence-electron chi connectivity index (χ1n) is 4.94. The van der Waals surface area contributed by atoms with E-state index >= 15 is 0 Å². The van der Waals surface area contributed by atoms with Crippen LogP contribution in [0.4, 0.5) is 5.82 Å². The molecule has 1 atom stereocenters. The lowest BCUT2D eigenvalue weighted by atomic mass is 10.1. The van der Waals surface area contributed by atoms with E-state index in [4.69, 9.17) is 0 Å². The fourth-order valence-electron chi connectivity index (χ4n) is 1.67. The van der Waals surface area contributed by atoms with Crippen LogP contribution in [0.25, 0.3) is 0 Å². The molecular formula is C10H14BrN3. The van der Waals surface area contributed by atoms with Gasteiger partial charge in [-0.15, -0.1) is 0 Å². The zero-order valence-corrected chi connectivity index (χ0v) is 9.55. The standard InChI is InChI=1S/C10H14BrN3/c11-9-4-1-5-10(14-9)13-8-3-2-6-12-7-8/h1,4-5,8,12H,2-3,6-7H2,(H,13,14)/t8-/m1/s1. The lowest BCUT2D eigenvalue weighted by Crippen LogP contribution is -2.38. The average Bonchev–Trinajstić information content (AvgIpc) is 2.19. The van der Waals surface area contributed by atoms with Gasteiger partial charge in [0, 0.05) is 12.6 Å². The molecule has 1 aromatic heterocycles. The van der Waals surface area contributed by atoms with Gasteiger partial charge in [-0.05, 0) is 47.4 Å². The van der Waals surface area contributed by atoms with Gasteiger partial charge in [0.15, 0.2) is 0 Å². The molecule has 0 saturated carbocycles. The van der Waals surface area contributed by atoms with Gasteiger partial charge >= 0.3 is 0 Å². The lowest BCUT2D eigenvalue weighted by Gasteiger charge is -2.24. The summed E-state index contributed by atoms with van der Waals surface area (Å²) in [5, 5.41) is 6.79. The maximum atomic E-state index is 4.35. The molecule has 0 aliphatic carbocycles. The Morgan fingerprint density at radius 1 is 1.50 bits per heavy atom. The van der Waals surface area contributed by atoms with Crippen LogP contribution in [-0.2, 0) is 0 Å². The predicted molar refractivity (Wildman–Crippen MR) is 61.5 cm³/mol. The molecule has 2 rings (SSSR count). The van der Waals surface area contributed by atoms with Crippen LogP contribution in [0.2, 0.25) is 0 Å². The summed E-state index contributed by atoms with van der Waals surface area (Å²) in [4.78, 5) is 4.35. The van der Waals surface area contributed by atoms with Gasteiger partial charge in [0.2, 0.25) is 0 Å². The number of anilines is 1. The molecule has 1 saturated heterocycles. The summed E-state index contributed by atoms with van der Waals surface area (Å²) >= 11 is 3.36. The molecule has 0 amide bonds. The van der Waals surface area contributed by atoms with Crippen molar-refractivity contribution < 1.29 is 0 Å². The van der Waals surface area contributed by atoms with Crippen LogP contribution in [0.5, 0.6) is 0 Å². The van der Waals surface area contributed by atoms with E-state index in [1.165, 1.54) is 12.8 Å². The zero-order chi connectivity index (χ0) is 9.80. The van der Waals surface area contributed by atoms with Crippen molar-refractivity contribution in [2.45, 2.75) is 18.9 Å². The van der Waals surface area contributed by atoms with E-state index in [9.17, 15) is 0 Å². The van der Waals surface area contributed by atoms with Gasteiger partial charge in [-0.3, -0.25) is 0 Å². The van der Waals surface area contributed by atoms with Crippen LogP contribution in [-0.4, -0.2) is 24.1 Å². The monoisotopic (exact) mass is 255 g/mol. The predicted octanol–water partition coefficient (Wildman–Crippen LogP) is 2.01. The van der Waals surface area contributed by atoms with Gasteiger partial charge in [-0.1, -0.05) is 6.07 Å². The molecule has 1 aromatic rings. The Bertz CT molecular complexity index is 297. The van der Waals surface area contributed by atoms with Gasteiger partial charge in [-0.2, -0.15) is 0 Å². The largest absolute Gasteiger partial charge is 0.366 e. The second kappa shape index (κ2) is 4.75. The van der Waals surface area contributed by atoms with Crippen LogP contribution >= 0.6 is 15.9 Å². The third-order valence-electron chi connectivity index (χ3n) is 2.36. The van der Waals surface area contributed by atoms with Gasteiger partial charge in [-0.25, -0.2) is 4.98 Å². The number of halogens is 1. The van der Waals surface area contributed by atoms with E-state index in [-0.39, 0.29) is 0 Å². The van der Waals surface area contributed by atoms with Crippen LogP contribution in [0, 0.1) is 0 Å². The van der Waals surface area contributed by atoms with Crippen molar-refractivity contribution in [3.63, 3.8) is 0 Å². The number of nitrogens with zero attached hydrogens (tertiary/aromatic N) is 1. The molecule has 0 spiro atoms. The molecule has 0 radical (unpaired) electrons. The zero-order valence-electron chi connectivity index (χ0n) is 7.96. The number of hydrogen-bond acceptors (Lipinski definition) is 3. The molecule has 1 fully saturated rings. The van der Waals surface area contributed by atoms with Crippen molar-refractivity contribution in [3.05, 3.63) is 22.8 Å². The fourth-order valence-corrected chi connectivity index (χ4v) is 2.02. The van der Waals surface area contributed by atoms with Gasteiger partial charge in [0.05, 0.1) is 0 Å². The third-order valence-corrected chi connectivity index (χ3v) is 2.81. The molecule has 1 aliphatic rings. The molecule has 0 aromatic carbocycles. The van der Waals surface area contributed by atoms with Crippen LogP contribution in [0.15, 0.2) is 22.8 Å². The summed E-state index contributed by atoms with van der Waals surface area (Å²) in [5.74, 6) is 0.952. The Balaban J connectivity index is 1.95. The second-order valence-electron chi connectivity index (χ2n) is 3.53.